The van der Waals surface area contributed by atoms with Crippen molar-refractivity contribution in [2.45, 2.75) is 20.4 Å². The third kappa shape index (κ3) is 5.39. The molecule has 0 atom stereocenters. The van der Waals surface area contributed by atoms with Crippen LogP contribution in [0.2, 0.25) is 0 Å². The van der Waals surface area contributed by atoms with Crippen LogP contribution in [0.1, 0.15) is 27.5 Å². The van der Waals surface area contributed by atoms with Gasteiger partial charge in [-0.25, -0.2) is 4.68 Å². The summed E-state index contributed by atoms with van der Waals surface area (Å²) in [5.74, 6) is -1.10. The molecule has 9 nitrogen and oxygen atoms in total. The van der Waals surface area contributed by atoms with E-state index in [0.717, 1.165) is 22.6 Å². The van der Waals surface area contributed by atoms with E-state index in [1.54, 1.807) is 13.1 Å². The van der Waals surface area contributed by atoms with E-state index in [1.165, 1.54) is 17.2 Å². The Bertz CT molecular complexity index is 1060. The van der Waals surface area contributed by atoms with Crippen LogP contribution in [0.4, 0.5) is 0 Å². The maximum atomic E-state index is 12.5. The Labute approximate surface area is 180 Å². The van der Waals surface area contributed by atoms with Crippen LogP contribution in [0.3, 0.4) is 0 Å². The van der Waals surface area contributed by atoms with Gasteiger partial charge in [0.15, 0.2) is 5.76 Å². The molecule has 3 amide bonds. The van der Waals surface area contributed by atoms with Gasteiger partial charge in [0, 0.05) is 24.8 Å². The van der Waals surface area contributed by atoms with Crippen molar-refractivity contribution in [1.29, 1.82) is 0 Å². The Hall–Kier alpha value is -3.88. The summed E-state index contributed by atoms with van der Waals surface area (Å²) in [7, 11) is 1.67. The van der Waals surface area contributed by atoms with Crippen LogP contribution in [0, 0.1) is 13.8 Å². The van der Waals surface area contributed by atoms with Gasteiger partial charge in [-0.15, -0.1) is 0 Å². The van der Waals surface area contributed by atoms with Crippen molar-refractivity contribution in [3.8, 4) is 5.69 Å². The summed E-state index contributed by atoms with van der Waals surface area (Å²) < 4.78 is 6.81. The van der Waals surface area contributed by atoms with Crippen LogP contribution in [0.25, 0.3) is 5.69 Å². The average Bonchev–Trinajstić information content (AvgIpc) is 3.41. The first-order chi connectivity index (χ1) is 14.9. The number of likely N-dealkylation sites (N-methyl/N-ethyl adjacent to an activating group) is 1. The van der Waals surface area contributed by atoms with Gasteiger partial charge >= 0.3 is 0 Å². The number of nitrogens with one attached hydrogen (secondary N) is 2. The molecule has 0 unspecified atom stereocenters. The highest BCUT2D eigenvalue weighted by atomic mass is 16.3. The van der Waals surface area contributed by atoms with Crippen LogP contribution in [0.15, 0.2) is 53.1 Å². The number of hydrogen-bond acceptors (Lipinski definition) is 5. The normalized spacial score (nSPS) is 10.5. The van der Waals surface area contributed by atoms with Crippen LogP contribution >= 0.6 is 0 Å². The molecule has 0 radical (unpaired) electrons. The topological polar surface area (TPSA) is 109 Å². The molecule has 3 aromatic rings. The lowest BCUT2D eigenvalue weighted by atomic mass is 10.2. The van der Waals surface area contributed by atoms with Gasteiger partial charge in [0.05, 0.1) is 30.7 Å². The Balaban J connectivity index is 1.51. The van der Waals surface area contributed by atoms with Gasteiger partial charge in [0.2, 0.25) is 11.8 Å². The molecule has 0 aliphatic carbocycles. The fraction of sp³-hybridized carbons (Fsp3) is 0.273. The minimum absolute atomic E-state index is 0.116. The zero-order valence-corrected chi connectivity index (χ0v) is 17.7. The second-order valence-electron chi connectivity index (χ2n) is 7.08. The molecule has 0 aliphatic heterocycles. The third-order valence-corrected chi connectivity index (χ3v) is 4.85. The van der Waals surface area contributed by atoms with Crippen molar-refractivity contribution in [3.05, 3.63) is 71.4 Å². The summed E-state index contributed by atoms with van der Waals surface area (Å²) in [5.41, 5.74) is 3.70. The van der Waals surface area contributed by atoms with Gasteiger partial charge in [-0.3, -0.25) is 14.4 Å². The van der Waals surface area contributed by atoms with Crippen molar-refractivity contribution in [1.82, 2.24) is 25.3 Å². The largest absolute Gasteiger partial charge is 0.459 e. The molecule has 3 rings (SSSR count). The molecule has 0 spiro atoms. The lowest BCUT2D eigenvalue weighted by Crippen LogP contribution is -2.42. The average molecular weight is 423 g/mol. The maximum absolute atomic E-state index is 12.5. The third-order valence-electron chi connectivity index (χ3n) is 4.85. The highest BCUT2D eigenvalue weighted by Gasteiger charge is 2.18. The minimum atomic E-state index is -0.495. The first-order valence-electron chi connectivity index (χ1n) is 9.79. The number of nitrogens with zero attached hydrogens (tertiary/aromatic N) is 3. The molecule has 0 saturated carbocycles. The number of hydrogen-bond donors (Lipinski definition) is 2. The fourth-order valence-corrected chi connectivity index (χ4v) is 3.08. The predicted octanol–water partition coefficient (Wildman–Crippen LogP) is 1.59. The highest BCUT2D eigenvalue weighted by Crippen LogP contribution is 2.19. The number of aryl methyl sites for hydroxylation is 1. The van der Waals surface area contributed by atoms with Gasteiger partial charge in [0.1, 0.15) is 0 Å². The summed E-state index contributed by atoms with van der Waals surface area (Å²) in [6.45, 7) is 3.82. The molecule has 0 aliphatic rings. The molecule has 0 fully saturated rings. The predicted molar refractivity (Wildman–Crippen MR) is 114 cm³/mol. The molecule has 2 heterocycles. The first kappa shape index (κ1) is 21.8. The summed E-state index contributed by atoms with van der Waals surface area (Å²) in [5, 5.41) is 9.53. The van der Waals surface area contributed by atoms with E-state index in [1.807, 2.05) is 48.9 Å². The number of benzene rings is 1. The van der Waals surface area contributed by atoms with Gasteiger partial charge < -0.3 is 20.0 Å². The SMILES string of the molecule is Cc1nn(-c2ccccc2)c(C)c1CN(C)C(=O)CNC(=O)CNC(=O)c1ccco1. The molecule has 0 saturated heterocycles. The lowest BCUT2D eigenvalue weighted by molar-refractivity contribution is -0.132. The Kier molecular flexibility index (Phi) is 6.86. The van der Waals surface area contributed by atoms with E-state index < -0.39 is 11.8 Å². The summed E-state index contributed by atoms with van der Waals surface area (Å²) in [4.78, 5) is 37.7. The van der Waals surface area contributed by atoms with Gasteiger partial charge in [-0.05, 0) is 38.1 Å². The van der Waals surface area contributed by atoms with E-state index in [9.17, 15) is 14.4 Å². The van der Waals surface area contributed by atoms with E-state index >= 15 is 0 Å². The zero-order chi connectivity index (χ0) is 22.4. The Morgan fingerprint density at radius 2 is 1.77 bits per heavy atom. The zero-order valence-electron chi connectivity index (χ0n) is 17.7. The van der Waals surface area contributed by atoms with E-state index in [2.05, 4.69) is 15.7 Å². The molecule has 2 N–H and O–H groups in total. The van der Waals surface area contributed by atoms with E-state index in [4.69, 9.17) is 4.42 Å². The quantitative estimate of drug-likeness (QED) is 0.572. The molecule has 9 heteroatoms. The van der Waals surface area contributed by atoms with Crippen molar-refractivity contribution < 1.29 is 18.8 Å². The van der Waals surface area contributed by atoms with Crippen LogP contribution < -0.4 is 10.6 Å². The second kappa shape index (κ2) is 9.75. The van der Waals surface area contributed by atoms with Crippen molar-refractivity contribution >= 4 is 17.7 Å². The molecule has 1 aromatic carbocycles. The Morgan fingerprint density at radius 3 is 2.45 bits per heavy atom. The Morgan fingerprint density at radius 1 is 1.03 bits per heavy atom. The molecule has 0 bridgehead atoms. The molecule has 31 heavy (non-hydrogen) atoms. The van der Waals surface area contributed by atoms with Crippen LogP contribution in [-0.4, -0.2) is 52.5 Å². The monoisotopic (exact) mass is 423 g/mol. The number of furan rings is 1. The van der Waals surface area contributed by atoms with E-state index in [0.29, 0.717) is 6.54 Å². The lowest BCUT2D eigenvalue weighted by Gasteiger charge is -2.18. The summed E-state index contributed by atoms with van der Waals surface area (Å²) in [6.07, 6.45) is 1.37. The number of carbonyl (C=O) groups excluding carboxylic acids is 3. The van der Waals surface area contributed by atoms with Crippen molar-refractivity contribution in [2.24, 2.45) is 0 Å². The maximum Gasteiger partial charge on any atom is 0.287 e. The van der Waals surface area contributed by atoms with Crippen LogP contribution in [-0.2, 0) is 16.1 Å². The number of carbonyl (C=O) groups is 3. The highest BCUT2D eigenvalue weighted by molar-refractivity contribution is 5.94. The molecule has 162 valence electrons. The summed E-state index contributed by atoms with van der Waals surface area (Å²) >= 11 is 0. The fourth-order valence-electron chi connectivity index (χ4n) is 3.08. The van der Waals surface area contributed by atoms with Gasteiger partial charge in [-0.2, -0.15) is 5.10 Å². The van der Waals surface area contributed by atoms with E-state index in [-0.39, 0.29) is 24.8 Å². The molecular formula is C22H25N5O4. The smallest absolute Gasteiger partial charge is 0.287 e. The van der Waals surface area contributed by atoms with Crippen LogP contribution in [0.5, 0.6) is 0 Å². The van der Waals surface area contributed by atoms with Gasteiger partial charge in [0.25, 0.3) is 5.91 Å². The van der Waals surface area contributed by atoms with Gasteiger partial charge in [-0.1, -0.05) is 18.2 Å². The van der Waals surface area contributed by atoms with Crippen molar-refractivity contribution in [2.75, 3.05) is 20.1 Å². The van der Waals surface area contributed by atoms with Crippen molar-refractivity contribution in [3.63, 3.8) is 0 Å². The second-order valence-corrected chi connectivity index (χ2v) is 7.08. The molecule has 2 aromatic heterocycles. The first-order valence-corrected chi connectivity index (χ1v) is 9.79. The minimum Gasteiger partial charge on any atom is -0.459 e. The summed E-state index contributed by atoms with van der Waals surface area (Å²) in [6, 6.07) is 12.9. The number of amides is 3. The number of para-hydroxylation sites is 1. The number of aromatic nitrogens is 2. The number of rotatable bonds is 8. The standard InChI is InChI=1S/C22H25N5O4/c1-15-18(16(2)27(25-15)17-8-5-4-6-9-17)14-26(3)21(29)13-23-20(28)12-24-22(30)19-10-7-11-31-19/h4-11H,12-14H2,1-3H3,(H,23,28)(H,24,30). The molecular weight excluding hydrogens is 398 g/mol.